The summed E-state index contributed by atoms with van der Waals surface area (Å²) >= 11 is 0. The van der Waals surface area contributed by atoms with E-state index in [4.69, 9.17) is 20.4 Å². The van der Waals surface area contributed by atoms with Crippen molar-refractivity contribution in [3.05, 3.63) is 0 Å². The SMILES string of the molecule is OC(F)(F)C(F)(F)OC12C(F)(F)C3(OC(F)(F)C(O)(F)F)C(F)(F)C(OC(F)(F)C(O)(F)F)(C1(F)F)C(F)(F)C(OC(F)(F)C(O)(F)F)(C2(F)F)C3(F)F. The molecule has 4 rings (SSSR count). The first-order valence-electron chi connectivity index (χ1n) is 11.8. The summed E-state index contributed by atoms with van der Waals surface area (Å²) < 4.78 is 416. The lowest BCUT2D eigenvalue weighted by molar-refractivity contribution is -0.693. The highest BCUT2D eigenvalue weighted by Crippen LogP contribution is 2.90. The van der Waals surface area contributed by atoms with Gasteiger partial charge in [0.1, 0.15) is 0 Å². The Morgan fingerprint density at radius 3 is 0.407 bits per heavy atom. The molecule has 0 radical (unpaired) electrons. The van der Waals surface area contributed by atoms with Crippen LogP contribution in [0.5, 0.6) is 0 Å². The molecular weight excluding hydrogens is 876 g/mol. The van der Waals surface area contributed by atoms with Crippen LogP contribution >= 0.6 is 0 Å². The molecule has 0 atom stereocenters. The molecule has 4 aliphatic rings. The number of hydrogen-bond donors (Lipinski definition) is 4. The minimum atomic E-state index is -9.77. The van der Waals surface area contributed by atoms with Gasteiger partial charge >= 0.3 is 84.4 Å². The number of alkyl halides is 28. The van der Waals surface area contributed by atoms with Crippen LogP contribution in [-0.2, 0) is 18.9 Å². The minimum absolute atomic E-state index is 1.40. The molecule has 0 aliphatic heterocycles. The van der Waals surface area contributed by atoms with E-state index < -0.39 is 107 Å². The number of aliphatic hydroxyl groups is 4. The van der Waals surface area contributed by atoms with E-state index in [1.54, 1.807) is 0 Å². The molecular formula is C18H4F28O8. The van der Waals surface area contributed by atoms with Crippen molar-refractivity contribution in [2.75, 3.05) is 0 Å². The lowest BCUT2D eigenvalue weighted by atomic mass is 9.38. The summed E-state index contributed by atoms with van der Waals surface area (Å²) in [6.07, 6.45) is -66.7. The monoisotopic (exact) mass is 880 g/mol. The van der Waals surface area contributed by atoms with Gasteiger partial charge in [0.2, 0.25) is 0 Å². The highest BCUT2D eigenvalue weighted by Gasteiger charge is 3.24. The molecule has 4 aliphatic carbocycles. The van der Waals surface area contributed by atoms with Crippen molar-refractivity contribution in [2.24, 2.45) is 0 Å². The van der Waals surface area contributed by atoms with E-state index in [0.29, 0.717) is 0 Å². The van der Waals surface area contributed by atoms with E-state index in [1.807, 2.05) is 0 Å². The van der Waals surface area contributed by atoms with Crippen LogP contribution in [0.1, 0.15) is 0 Å². The van der Waals surface area contributed by atoms with Crippen molar-refractivity contribution in [3.63, 3.8) is 0 Å². The molecule has 0 aromatic rings. The molecule has 0 aromatic carbocycles. The third kappa shape index (κ3) is 4.30. The maximum absolute atomic E-state index is 15.9. The summed E-state index contributed by atoms with van der Waals surface area (Å²) in [6.45, 7) is 0. The van der Waals surface area contributed by atoms with Crippen LogP contribution in [-0.4, -0.2) is 127 Å². The predicted octanol–water partition coefficient (Wildman–Crippen LogP) is 5.57. The average molecular weight is 880 g/mol. The molecule has 0 unspecified atom stereocenters. The fraction of sp³-hybridized carbons (Fsp3) is 1.00. The predicted molar refractivity (Wildman–Crippen MR) is 93.4 cm³/mol. The van der Waals surface area contributed by atoms with E-state index in [9.17, 15) is 70.2 Å². The second kappa shape index (κ2) is 10.4. The standard InChI is InChI=1S/C18H4F28O8/c19-5(20)1(51-15(39,40)11(31,32)47)6(21,22)3(53-17(43,44)13(35,36)49)8(25,26)2(5,52-16(41,42)12(33,34)48)9(27,28)4(7(1,23)24,10(3,29)30)54-18(45,46)14(37,38)50/h47-50H. The van der Waals surface area contributed by atoms with Crippen LogP contribution in [0.25, 0.3) is 0 Å². The maximum Gasteiger partial charge on any atom is 0.449 e. The molecule has 4 bridgehead atoms. The van der Waals surface area contributed by atoms with Gasteiger partial charge in [-0.05, 0) is 0 Å². The zero-order valence-electron chi connectivity index (χ0n) is 23.0. The van der Waals surface area contributed by atoms with Crippen LogP contribution in [0.3, 0.4) is 0 Å². The van der Waals surface area contributed by atoms with E-state index in [-0.39, 0.29) is 0 Å². The zero-order chi connectivity index (χ0) is 43.8. The zero-order valence-corrected chi connectivity index (χ0v) is 23.0. The molecule has 4 N–H and O–H groups in total. The van der Waals surface area contributed by atoms with E-state index in [2.05, 4.69) is 0 Å². The summed E-state index contributed by atoms with van der Waals surface area (Å²) in [6, 6.07) is 0. The fourth-order valence-electron chi connectivity index (χ4n) is 5.64. The van der Waals surface area contributed by atoms with Crippen LogP contribution in [0.4, 0.5) is 123 Å². The minimum Gasteiger partial charge on any atom is -0.329 e. The summed E-state index contributed by atoms with van der Waals surface area (Å²) in [5, 5.41) is 32.4. The molecule has 0 aromatic heterocycles. The van der Waals surface area contributed by atoms with E-state index in [1.165, 1.54) is 18.9 Å². The molecule has 0 amide bonds. The Morgan fingerprint density at radius 2 is 0.333 bits per heavy atom. The van der Waals surface area contributed by atoms with Crippen LogP contribution in [0, 0.1) is 0 Å². The molecule has 0 spiro atoms. The normalized spacial score (nSPS) is 34.7. The third-order valence-electron chi connectivity index (χ3n) is 7.83. The van der Waals surface area contributed by atoms with Crippen molar-refractivity contribution in [3.8, 4) is 0 Å². The second-order valence-electron chi connectivity index (χ2n) is 10.8. The third-order valence-corrected chi connectivity index (χ3v) is 7.83. The Balaban J connectivity index is 3.03. The van der Waals surface area contributed by atoms with Gasteiger partial charge in [0.25, 0.3) is 22.4 Å². The average Bonchev–Trinajstić information content (AvgIpc) is 2.85. The van der Waals surface area contributed by atoms with Crippen molar-refractivity contribution in [1.29, 1.82) is 0 Å². The number of hydrogen-bond acceptors (Lipinski definition) is 8. The Bertz CT molecular complexity index is 1220. The van der Waals surface area contributed by atoms with Gasteiger partial charge in [0.05, 0.1) is 0 Å². The van der Waals surface area contributed by atoms with Crippen molar-refractivity contribution in [1.82, 2.24) is 0 Å². The van der Waals surface area contributed by atoms with Gasteiger partial charge in [-0.3, -0.25) is 18.9 Å². The molecule has 4 fully saturated rings. The number of rotatable bonds is 12. The summed E-state index contributed by atoms with van der Waals surface area (Å²) in [4.78, 5) is 0. The summed E-state index contributed by atoms with van der Waals surface area (Å²) in [7, 11) is 0. The fourth-order valence-corrected chi connectivity index (χ4v) is 5.64. The molecule has 0 saturated heterocycles. The molecule has 54 heavy (non-hydrogen) atoms. The van der Waals surface area contributed by atoms with Gasteiger partial charge in [0.15, 0.2) is 0 Å². The smallest absolute Gasteiger partial charge is 0.329 e. The molecule has 0 heterocycles. The topological polar surface area (TPSA) is 118 Å². The van der Waals surface area contributed by atoms with Gasteiger partial charge in [-0.2, -0.15) is 123 Å². The van der Waals surface area contributed by atoms with E-state index >= 15 is 52.7 Å². The van der Waals surface area contributed by atoms with Gasteiger partial charge in [-0.1, -0.05) is 0 Å². The first-order valence-corrected chi connectivity index (χ1v) is 11.8. The first-order chi connectivity index (χ1) is 22.8. The molecule has 4 saturated carbocycles. The van der Waals surface area contributed by atoms with Crippen molar-refractivity contribution >= 4 is 0 Å². The highest BCUT2D eigenvalue weighted by molar-refractivity contribution is 5.55. The van der Waals surface area contributed by atoms with Gasteiger partial charge in [-0.25, -0.2) is 0 Å². The number of halogens is 28. The lowest BCUT2D eigenvalue weighted by Crippen LogP contribution is -3.13. The molecule has 36 heteroatoms. The maximum atomic E-state index is 15.9. The Morgan fingerprint density at radius 1 is 0.241 bits per heavy atom. The summed E-state index contributed by atoms with van der Waals surface area (Å²) in [5.41, 5.74) is -38.7. The highest BCUT2D eigenvalue weighted by atomic mass is 19.4. The van der Waals surface area contributed by atoms with Gasteiger partial charge < -0.3 is 20.4 Å². The van der Waals surface area contributed by atoms with Crippen LogP contribution < -0.4 is 0 Å². The van der Waals surface area contributed by atoms with Crippen LogP contribution in [0.2, 0.25) is 0 Å². The van der Waals surface area contributed by atoms with Crippen molar-refractivity contribution < 1.29 is 162 Å². The summed E-state index contributed by atoms with van der Waals surface area (Å²) in [5.74, 6) is -58.6. The van der Waals surface area contributed by atoms with Gasteiger partial charge in [-0.15, -0.1) is 0 Å². The van der Waals surface area contributed by atoms with E-state index in [0.717, 1.165) is 0 Å². The van der Waals surface area contributed by atoms with Crippen molar-refractivity contribution in [2.45, 2.75) is 107 Å². The first kappa shape index (κ1) is 46.1. The Kier molecular flexibility index (Phi) is 8.89. The Hall–Kier alpha value is -2.28. The van der Waals surface area contributed by atoms with Crippen LogP contribution in [0.15, 0.2) is 0 Å². The Labute approximate surface area is 270 Å². The molecule has 8 nitrogen and oxygen atoms in total. The van der Waals surface area contributed by atoms with Gasteiger partial charge in [0, 0.05) is 0 Å². The second-order valence-corrected chi connectivity index (χ2v) is 10.8. The largest absolute Gasteiger partial charge is 0.449 e. The lowest BCUT2D eigenvalue weighted by Gasteiger charge is -2.79. The number of ether oxygens (including phenoxy) is 4. The molecule has 320 valence electrons. The quantitative estimate of drug-likeness (QED) is 0.188.